The summed E-state index contributed by atoms with van der Waals surface area (Å²) in [6.45, 7) is 5.15. The number of nitrogens with zero attached hydrogens (tertiary/aromatic N) is 1. The molecule has 3 rings (SSSR count). The smallest absolute Gasteiger partial charge is 0.252 e. The molecule has 0 radical (unpaired) electrons. The number of nitrogens with one attached hydrogen (secondary N) is 1. The number of benzene rings is 1. The number of carbonyl (C=O) groups is 1. The van der Waals surface area contributed by atoms with E-state index in [-0.39, 0.29) is 17.8 Å². The van der Waals surface area contributed by atoms with E-state index in [1.807, 2.05) is 13.0 Å². The molecule has 1 aromatic carbocycles. The molecule has 2 fully saturated rings. The minimum atomic E-state index is -0.640. The molecule has 23 heavy (non-hydrogen) atoms. The molecule has 0 unspecified atom stereocenters. The van der Waals surface area contributed by atoms with Gasteiger partial charge in [-0.1, -0.05) is 12.1 Å². The summed E-state index contributed by atoms with van der Waals surface area (Å²) in [5.41, 5.74) is 0.359. The molecule has 0 spiro atoms. The van der Waals surface area contributed by atoms with Crippen molar-refractivity contribution in [2.24, 2.45) is 0 Å². The SMILES string of the molecule is C[C@@]1(C(=O)NC2CCN(Cc3cccc(F)c3)CC2)CCCO1. The third-order valence-corrected chi connectivity index (χ3v) is 4.92. The van der Waals surface area contributed by atoms with E-state index in [0.29, 0.717) is 6.61 Å². The van der Waals surface area contributed by atoms with Crippen LogP contribution >= 0.6 is 0 Å². The van der Waals surface area contributed by atoms with Crippen molar-refractivity contribution in [3.63, 3.8) is 0 Å². The largest absolute Gasteiger partial charge is 0.365 e. The van der Waals surface area contributed by atoms with E-state index in [1.165, 1.54) is 6.07 Å². The molecule has 5 heteroatoms. The van der Waals surface area contributed by atoms with Crippen molar-refractivity contribution in [2.75, 3.05) is 19.7 Å². The topological polar surface area (TPSA) is 41.6 Å². The van der Waals surface area contributed by atoms with Crippen molar-refractivity contribution in [3.8, 4) is 0 Å². The van der Waals surface area contributed by atoms with Crippen molar-refractivity contribution < 1.29 is 13.9 Å². The van der Waals surface area contributed by atoms with Gasteiger partial charge in [0.25, 0.3) is 5.91 Å². The number of piperidine rings is 1. The van der Waals surface area contributed by atoms with E-state index in [4.69, 9.17) is 4.74 Å². The molecule has 0 saturated carbocycles. The van der Waals surface area contributed by atoms with Gasteiger partial charge in [-0.3, -0.25) is 9.69 Å². The highest BCUT2D eigenvalue weighted by Gasteiger charge is 2.38. The Morgan fingerprint density at radius 2 is 2.22 bits per heavy atom. The summed E-state index contributed by atoms with van der Waals surface area (Å²) in [6.07, 6.45) is 3.61. The van der Waals surface area contributed by atoms with Crippen LogP contribution in [0.2, 0.25) is 0 Å². The predicted molar refractivity (Wildman–Crippen MR) is 86.4 cm³/mol. The van der Waals surface area contributed by atoms with Gasteiger partial charge >= 0.3 is 0 Å². The van der Waals surface area contributed by atoms with E-state index < -0.39 is 5.60 Å². The van der Waals surface area contributed by atoms with Crippen LogP contribution in [0.1, 0.15) is 38.2 Å². The van der Waals surface area contributed by atoms with E-state index in [9.17, 15) is 9.18 Å². The highest BCUT2D eigenvalue weighted by molar-refractivity contribution is 5.85. The van der Waals surface area contributed by atoms with E-state index in [1.54, 1.807) is 12.1 Å². The van der Waals surface area contributed by atoms with Crippen LogP contribution in [0.15, 0.2) is 24.3 Å². The number of ether oxygens (including phenoxy) is 1. The molecular formula is C18H25FN2O2. The Bertz CT molecular complexity index is 550. The van der Waals surface area contributed by atoms with Crippen molar-refractivity contribution in [2.45, 2.75) is 50.8 Å². The molecule has 126 valence electrons. The number of rotatable bonds is 4. The molecule has 1 aromatic rings. The summed E-state index contributed by atoms with van der Waals surface area (Å²) >= 11 is 0. The molecular weight excluding hydrogens is 295 g/mol. The number of likely N-dealkylation sites (tertiary alicyclic amines) is 1. The molecule has 1 amide bonds. The summed E-state index contributed by atoms with van der Waals surface area (Å²) in [6, 6.07) is 6.98. The van der Waals surface area contributed by atoms with Crippen LogP contribution in [0.3, 0.4) is 0 Å². The Morgan fingerprint density at radius 1 is 1.43 bits per heavy atom. The van der Waals surface area contributed by atoms with Gasteiger partial charge in [0, 0.05) is 32.3 Å². The lowest BCUT2D eigenvalue weighted by Gasteiger charge is -2.34. The standard InChI is InChI=1S/C18H25FN2O2/c1-18(8-3-11-23-18)17(22)20-16-6-9-21(10-7-16)13-14-4-2-5-15(19)12-14/h2,4-5,12,16H,3,6-11,13H2,1H3,(H,20,22)/t18-/m0/s1. The van der Waals surface area contributed by atoms with Crippen LogP contribution in [-0.4, -0.2) is 42.1 Å². The van der Waals surface area contributed by atoms with Gasteiger partial charge in [-0.05, 0) is 50.3 Å². The van der Waals surface area contributed by atoms with Gasteiger partial charge in [-0.15, -0.1) is 0 Å². The van der Waals surface area contributed by atoms with Gasteiger partial charge in [-0.25, -0.2) is 4.39 Å². The number of amides is 1. The molecule has 1 atom stereocenters. The van der Waals surface area contributed by atoms with Crippen molar-refractivity contribution in [3.05, 3.63) is 35.6 Å². The highest BCUT2D eigenvalue weighted by Crippen LogP contribution is 2.26. The molecule has 0 aromatic heterocycles. The monoisotopic (exact) mass is 320 g/mol. The lowest BCUT2D eigenvalue weighted by atomic mass is 9.99. The fourth-order valence-corrected chi connectivity index (χ4v) is 3.43. The average molecular weight is 320 g/mol. The molecule has 2 aliphatic rings. The zero-order valence-corrected chi connectivity index (χ0v) is 13.7. The van der Waals surface area contributed by atoms with E-state index in [2.05, 4.69) is 10.2 Å². The minimum Gasteiger partial charge on any atom is -0.365 e. The number of hydrogen-bond acceptors (Lipinski definition) is 3. The molecule has 2 heterocycles. The normalized spacial score (nSPS) is 26.3. The number of halogens is 1. The van der Waals surface area contributed by atoms with Crippen LogP contribution < -0.4 is 5.32 Å². The Balaban J connectivity index is 1.46. The maximum Gasteiger partial charge on any atom is 0.252 e. The average Bonchev–Trinajstić information content (AvgIpc) is 2.97. The zero-order chi connectivity index (χ0) is 16.3. The Labute approximate surface area is 137 Å². The highest BCUT2D eigenvalue weighted by atomic mass is 19.1. The molecule has 2 aliphatic heterocycles. The summed E-state index contributed by atoms with van der Waals surface area (Å²) < 4.78 is 18.8. The maximum absolute atomic E-state index is 13.2. The fraction of sp³-hybridized carbons (Fsp3) is 0.611. The Hall–Kier alpha value is -1.46. The first-order valence-electron chi connectivity index (χ1n) is 8.47. The van der Waals surface area contributed by atoms with E-state index in [0.717, 1.165) is 50.9 Å². The van der Waals surface area contributed by atoms with Gasteiger partial charge in [0.15, 0.2) is 0 Å². The van der Waals surface area contributed by atoms with Crippen molar-refractivity contribution >= 4 is 5.91 Å². The van der Waals surface area contributed by atoms with Crippen LogP contribution in [0.4, 0.5) is 4.39 Å². The summed E-state index contributed by atoms with van der Waals surface area (Å²) in [5.74, 6) is -0.159. The quantitative estimate of drug-likeness (QED) is 0.927. The molecule has 0 bridgehead atoms. The molecule has 0 aliphatic carbocycles. The van der Waals surface area contributed by atoms with Gasteiger partial charge in [0.05, 0.1) is 0 Å². The predicted octanol–water partition coefficient (Wildman–Crippen LogP) is 2.48. The van der Waals surface area contributed by atoms with Crippen LogP contribution in [0, 0.1) is 5.82 Å². The van der Waals surface area contributed by atoms with Crippen LogP contribution in [-0.2, 0) is 16.1 Å². The Kier molecular flexibility index (Phi) is 4.97. The Morgan fingerprint density at radius 3 is 2.87 bits per heavy atom. The first kappa shape index (κ1) is 16.4. The summed E-state index contributed by atoms with van der Waals surface area (Å²) in [5, 5.41) is 3.14. The fourth-order valence-electron chi connectivity index (χ4n) is 3.43. The minimum absolute atomic E-state index is 0.0265. The van der Waals surface area contributed by atoms with Gasteiger partial charge in [0.1, 0.15) is 11.4 Å². The van der Waals surface area contributed by atoms with Crippen molar-refractivity contribution in [1.29, 1.82) is 0 Å². The van der Waals surface area contributed by atoms with Gasteiger partial charge in [-0.2, -0.15) is 0 Å². The van der Waals surface area contributed by atoms with Crippen molar-refractivity contribution in [1.82, 2.24) is 10.2 Å². The summed E-state index contributed by atoms with van der Waals surface area (Å²) in [4.78, 5) is 14.7. The second-order valence-corrected chi connectivity index (χ2v) is 6.84. The second-order valence-electron chi connectivity index (χ2n) is 6.84. The molecule has 1 N–H and O–H groups in total. The molecule has 2 saturated heterocycles. The maximum atomic E-state index is 13.2. The van der Waals surface area contributed by atoms with Gasteiger partial charge in [0.2, 0.25) is 0 Å². The number of hydrogen-bond donors (Lipinski definition) is 1. The zero-order valence-electron chi connectivity index (χ0n) is 13.7. The molecule has 4 nitrogen and oxygen atoms in total. The van der Waals surface area contributed by atoms with Crippen LogP contribution in [0.25, 0.3) is 0 Å². The first-order valence-corrected chi connectivity index (χ1v) is 8.47. The number of carbonyl (C=O) groups excluding carboxylic acids is 1. The first-order chi connectivity index (χ1) is 11.0. The lowest BCUT2D eigenvalue weighted by Crippen LogP contribution is -2.51. The van der Waals surface area contributed by atoms with E-state index >= 15 is 0 Å². The van der Waals surface area contributed by atoms with Gasteiger partial charge < -0.3 is 10.1 Å². The third kappa shape index (κ3) is 4.09. The lowest BCUT2D eigenvalue weighted by molar-refractivity contribution is -0.140. The third-order valence-electron chi connectivity index (χ3n) is 4.92. The summed E-state index contributed by atoms with van der Waals surface area (Å²) in [7, 11) is 0. The van der Waals surface area contributed by atoms with Crippen LogP contribution in [0.5, 0.6) is 0 Å². The second kappa shape index (κ2) is 6.97.